The molecule has 4 heteroatoms. The number of fused-ring (bicyclic) bond motifs is 1. The van der Waals surface area contributed by atoms with Crippen LogP contribution in [-0.2, 0) is 0 Å². The minimum atomic E-state index is 0.793. The summed E-state index contributed by atoms with van der Waals surface area (Å²) in [5.74, 6) is 0. The van der Waals surface area contributed by atoms with E-state index in [9.17, 15) is 4.79 Å². The first-order chi connectivity index (χ1) is 6.76. The van der Waals surface area contributed by atoms with Crippen LogP contribution in [0, 0.1) is 0 Å². The second-order valence-electron chi connectivity index (χ2n) is 2.79. The van der Waals surface area contributed by atoms with Gasteiger partial charge in [-0.2, -0.15) is 0 Å². The van der Waals surface area contributed by atoms with Crippen molar-refractivity contribution in [1.82, 2.24) is 0 Å². The van der Waals surface area contributed by atoms with Gasteiger partial charge in [-0.15, -0.1) is 23.1 Å². The van der Waals surface area contributed by atoms with Crippen molar-refractivity contribution in [3.63, 3.8) is 0 Å². The van der Waals surface area contributed by atoms with Gasteiger partial charge in [-0.1, -0.05) is 15.9 Å². The molecule has 0 N–H and O–H groups in total. The summed E-state index contributed by atoms with van der Waals surface area (Å²) in [6.45, 7) is 0. The first kappa shape index (κ1) is 10.2. The standard InChI is InChI=1S/C10H7BrOS2/c1-13-8-2-7(11)3-9-10(8)6(4-12)5-14-9/h2-5H,1H3. The molecule has 0 radical (unpaired) electrons. The van der Waals surface area contributed by atoms with Crippen LogP contribution in [0.2, 0.25) is 0 Å². The molecule has 0 aliphatic heterocycles. The van der Waals surface area contributed by atoms with Crippen LogP contribution in [0.5, 0.6) is 0 Å². The molecular weight excluding hydrogens is 280 g/mol. The summed E-state index contributed by atoms with van der Waals surface area (Å²) >= 11 is 6.73. The Morgan fingerprint density at radius 2 is 2.29 bits per heavy atom. The first-order valence-electron chi connectivity index (χ1n) is 3.96. The molecule has 72 valence electrons. The van der Waals surface area contributed by atoms with Gasteiger partial charge in [0.2, 0.25) is 0 Å². The summed E-state index contributed by atoms with van der Waals surface area (Å²) < 4.78 is 2.22. The van der Waals surface area contributed by atoms with E-state index in [1.54, 1.807) is 23.1 Å². The lowest BCUT2D eigenvalue weighted by molar-refractivity contribution is 0.112. The molecule has 0 atom stereocenters. The van der Waals surface area contributed by atoms with E-state index in [0.29, 0.717) is 0 Å². The third-order valence-electron chi connectivity index (χ3n) is 1.98. The molecule has 0 aliphatic rings. The molecule has 0 saturated heterocycles. The molecule has 1 heterocycles. The van der Waals surface area contributed by atoms with E-state index in [1.807, 2.05) is 23.8 Å². The molecule has 0 bridgehead atoms. The molecule has 0 aliphatic carbocycles. The van der Waals surface area contributed by atoms with Gasteiger partial charge in [0.15, 0.2) is 6.29 Å². The van der Waals surface area contributed by atoms with Gasteiger partial charge in [0.25, 0.3) is 0 Å². The second kappa shape index (κ2) is 4.04. The van der Waals surface area contributed by atoms with Gasteiger partial charge in [-0.05, 0) is 18.4 Å². The number of benzene rings is 1. The van der Waals surface area contributed by atoms with Crippen molar-refractivity contribution in [3.8, 4) is 0 Å². The fourth-order valence-corrected chi connectivity index (χ4v) is 3.84. The average Bonchev–Trinajstić information content (AvgIpc) is 2.59. The zero-order chi connectivity index (χ0) is 10.1. The fourth-order valence-electron chi connectivity index (χ4n) is 1.37. The molecule has 1 nitrogen and oxygen atoms in total. The summed E-state index contributed by atoms with van der Waals surface area (Å²) in [5.41, 5.74) is 0.793. The average molecular weight is 287 g/mol. The highest BCUT2D eigenvalue weighted by atomic mass is 79.9. The maximum Gasteiger partial charge on any atom is 0.151 e. The quantitative estimate of drug-likeness (QED) is 0.608. The Hall–Kier alpha value is -0.320. The van der Waals surface area contributed by atoms with Crippen LogP contribution < -0.4 is 0 Å². The Kier molecular flexibility index (Phi) is 2.95. The van der Waals surface area contributed by atoms with Gasteiger partial charge in [-0.25, -0.2) is 0 Å². The molecule has 1 aromatic carbocycles. The second-order valence-corrected chi connectivity index (χ2v) is 5.47. The number of hydrogen-bond acceptors (Lipinski definition) is 3. The Bertz CT molecular complexity index is 490. The Labute approximate surface area is 98.6 Å². The summed E-state index contributed by atoms with van der Waals surface area (Å²) in [6, 6.07) is 4.10. The highest BCUT2D eigenvalue weighted by Gasteiger charge is 2.08. The van der Waals surface area contributed by atoms with E-state index >= 15 is 0 Å². The van der Waals surface area contributed by atoms with E-state index in [1.165, 1.54) is 0 Å². The smallest absolute Gasteiger partial charge is 0.151 e. The van der Waals surface area contributed by atoms with Crippen LogP contribution in [0.1, 0.15) is 10.4 Å². The Morgan fingerprint density at radius 3 is 2.93 bits per heavy atom. The minimum absolute atomic E-state index is 0.793. The predicted molar refractivity (Wildman–Crippen MR) is 66.7 cm³/mol. The van der Waals surface area contributed by atoms with E-state index < -0.39 is 0 Å². The first-order valence-corrected chi connectivity index (χ1v) is 6.86. The molecular formula is C10H7BrOS2. The number of thioether (sulfide) groups is 1. The van der Waals surface area contributed by atoms with Gasteiger partial charge in [-0.3, -0.25) is 4.79 Å². The van der Waals surface area contributed by atoms with E-state index in [2.05, 4.69) is 15.9 Å². The molecule has 0 saturated carbocycles. The molecule has 2 aromatic rings. The predicted octanol–water partition coefficient (Wildman–Crippen LogP) is 4.20. The van der Waals surface area contributed by atoms with Crippen molar-refractivity contribution in [2.24, 2.45) is 0 Å². The summed E-state index contributed by atoms with van der Waals surface area (Å²) in [6.07, 6.45) is 2.94. The van der Waals surface area contributed by atoms with Crippen molar-refractivity contribution in [2.45, 2.75) is 4.90 Å². The third kappa shape index (κ3) is 1.62. The number of hydrogen-bond donors (Lipinski definition) is 0. The Balaban J connectivity index is 2.85. The molecule has 14 heavy (non-hydrogen) atoms. The summed E-state index contributed by atoms with van der Waals surface area (Å²) in [5, 5.41) is 2.99. The molecule has 0 unspecified atom stereocenters. The van der Waals surface area contributed by atoms with Crippen molar-refractivity contribution in [2.75, 3.05) is 6.26 Å². The zero-order valence-electron chi connectivity index (χ0n) is 7.41. The molecule has 2 rings (SSSR count). The van der Waals surface area contributed by atoms with Crippen LogP contribution in [0.15, 0.2) is 26.9 Å². The van der Waals surface area contributed by atoms with Gasteiger partial charge in [0, 0.05) is 30.4 Å². The highest BCUT2D eigenvalue weighted by Crippen LogP contribution is 2.35. The number of thiophene rings is 1. The van der Waals surface area contributed by atoms with Crippen LogP contribution in [-0.4, -0.2) is 12.5 Å². The number of halogens is 1. The molecule has 1 aromatic heterocycles. The summed E-state index contributed by atoms with van der Waals surface area (Å²) in [4.78, 5) is 12.0. The van der Waals surface area contributed by atoms with Crippen LogP contribution in [0.3, 0.4) is 0 Å². The maximum atomic E-state index is 10.8. The number of carbonyl (C=O) groups is 1. The zero-order valence-corrected chi connectivity index (χ0v) is 10.6. The SMILES string of the molecule is CSc1cc(Br)cc2scc(C=O)c12. The lowest BCUT2D eigenvalue weighted by Gasteiger charge is -2.01. The van der Waals surface area contributed by atoms with Crippen molar-refractivity contribution < 1.29 is 4.79 Å². The minimum Gasteiger partial charge on any atom is -0.298 e. The van der Waals surface area contributed by atoms with E-state index in [4.69, 9.17) is 0 Å². The summed E-state index contributed by atoms with van der Waals surface area (Å²) in [7, 11) is 0. The number of carbonyl (C=O) groups excluding carboxylic acids is 1. The van der Waals surface area contributed by atoms with Crippen LogP contribution in [0.4, 0.5) is 0 Å². The number of aldehydes is 1. The van der Waals surface area contributed by atoms with E-state index in [-0.39, 0.29) is 0 Å². The van der Waals surface area contributed by atoms with Crippen molar-refractivity contribution in [3.05, 3.63) is 27.5 Å². The largest absolute Gasteiger partial charge is 0.298 e. The fraction of sp³-hybridized carbons (Fsp3) is 0.100. The molecule has 0 fully saturated rings. The van der Waals surface area contributed by atoms with Gasteiger partial charge < -0.3 is 0 Å². The molecule has 0 amide bonds. The monoisotopic (exact) mass is 286 g/mol. The number of rotatable bonds is 2. The van der Waals surface area contributed by atoms with Crippen LogP contribution in [0.25, 0.3) is 10.1 Å². The van der Waals surface area contributed by atoms with Crippen molar-refractivity contribution in [1.29, 1.82) is 0 Å². The lowest BCUT2D eigenvalue weighted by atomic mass is 10.2. The van der Waals surface area contributed by atoms with Crippen LogP contribution >= 0.6 is 39.0 Å². The van der Waals surface area contributed by atoms with Crippen molar-refractivity contribution >= 4 is 55.4 Å². The molecule has 0 spiro atoms. The third-order valence-corrected chi connectivity index (χ3v) is 4.15. The lowest BCUT2D eigenvalue weighted by Crippen LogP contribution is -1.79. The Morgan fingerprint density at radius 1 is 1.50 bits per heavy atom. The van der Waals surface area contributed by atoms with Gasteiger partial charge >= 0.3 is 0 Å². The van der Waals surface area contributed by atoms with E-state index in [0.717, 1.165) is 31.3 Å². The maximum absolute atomic E-state index is 10.8. The highest BCUT2D eigenvalue weighted by molar-refractivity contribution is 9.10. The topological polar surface area (TPSA) is 17.1 Å². The van der Waals surface area contributed by atoms with Gasteiger partial charge in [0.1, 0.15) is 0 Å². The van der Waals surface area contributed by atoms with Gasteiger partial charge in [0.05, 0.1) is 0 Å². The normalized spacial score (nSPS) is 10.7.